The van der Waals surface area contributed by atoms with Crippen molar-refractivity contribution in [3.63, 3.8) is 0 Å². The number of halogens is 1. The monoisotopic (exact) mass is 303 g/mol. The molecule has 0 radical (unpaired) electrons. The molecular weight excluding hydrogens is 282 g/mol. The van der Waals surface area contributed by atoms with E-state index in [0.717, 1.165) is 22.8 Å². The summed E-state index contributed by atoms with van der Waals surface area (Å²) in [5.74, 6) is 0.861. The van der Waals surface area contributed by atoms with Gasteiger partial charge in [-0.05, 0) is 49.7 Å². The molecule has 21 heavy (non-hydrogen) atoms. The van der Waals surface area contributed by atoms with Gasteiger partial charge in [0.25, 0.3) is 0 Å². The maximum Gasteiger partial charge on any atom is 0.120 e. The fraction of sp³-hybridized carbons (Fsp3) is 0.333. The Hall–Kier alpha value is -1.51. The van der Waals surface area contributed by atoms with E-state index >= 15 is 0 Å². The van der Waals surface area contributed by atoms with Crippen molar-refractivity contribution in [3.8, 4) is 5.75 Å². The van der Waals surface area contributed by atoms with Crippen LogP contribution in [0.2, 0.25) is 5.02 Å². The zero-order valence-corrected chi connectivity index (χ0v) is 13.5. The molecule has 0 aliphatic carbocycles. The average Bonchev–Trinajstić information content (AvgIpc) is 2.51. The van der Waals surface area contributed by atoms with Gasteiger partial charge in [0.15, 0.2) is 0 Å². The van der Waals surface area contributed by atoms with Crippen LogP contribution in [0.3, 0.4) is 0 Å². The molecule has 0 amide bonds. The Balaban J connectivity index is 2.19. The molecule has 2 aromatic carbocycles. The minimum atomic E-state index is 0.0676. The summed E-state index contributed by atoms with van der Waals surface area (Å²) in [7, 11) is 1.97. The molecule has 0 aliphatic rings. The van der Waals surface area contributed by atoms with Gasteiger partial charge >= 0.3 is 0 Å². The summed E-state index contributed by atoms with van der Waals surface area (Å²) in [5.41, 5.74) is 2.27. The second kappa shape index (κ2) is 7.48. The fourth-order valence-electron chi connectivity index (χ4n) is 2.48. The van der Waals surface area contributed by atoms with E-state index in [2.05, 4.69) is 36.5 Å². The van der Waals surface area contributed by atoms with E-state index < -0.39 is 0 Å². The molecule has 3 heteroatoms. The average molecular weight is 304 g/mol. The first-order chi connectivity index (χ1) is 10.2. The van der Waals surface area contributed by atoms with Gasteiger partial charge in [0.1, 0.15) is 11.9 Å². The first-order valence-electron chi connectivity index (χ1n) is 7.30. The third-order valence-corrected chi connectivity index (χ3v) is 4.08. The highest BCUT2D eigenvalue weighted by Crippen LogP contribution is 2.26. The first kappa shape index (κ1) is 15.9. The van der Waals surface area contributed by atoms with Crippen LogP contribution >= 0.6 is 11.6 Å². The number of likely N-dealkylation sites (N-methyl/N-ethyl adjacent to an activating group) is 1. The minimum Gasteiger partial charge on any atom is -0.488 e. The molecule has 1 N–H and O–H groups in total. The summed E-state index contributed by atoms with van der Waals surface area (Å²) in [6, 6.07) is 16.3. The highest BCUT2D eigenvalue weighted by atomic mass is 35.5. The maximum absolute atomic E-state index is 6.19. The van der Waals surface area contributed by atoms with Crippen molar-refractivity contribution >= 4 is 11.6 Å². The predicted octanol–water partition coefficient (Wildman–Crippen LogP) is 4.77. The summed E-state index contributed by atoms with van der Waals surface area (Å²) in [6.07, 6.45) is 0.986. The van der Waals surface area contributed by atoms with Gasteiger partial charge in [0.2, 0.25) is 0 Å². The second-order valence-corrected chi connectivity index (χ2v) is 5.56. The molecular formula is C18H22ClNO. The van der Waals surface area contributed by atoms with E-state index in [1.165, 1.54) is 5.56 Å². The van der Waals surface area contributed by atoms with E-state index in [4.69, 9.17) is 16.3 Å². The third kappa shape index (κ3) is 3.99. The standard InChI is InChI=1S/C18H22ClNO/c1-4-17(18(20-3)14-8-6-5-7-9-14)21-15-10-11-16(19)13(2)12-15/h5-12,17-18,20H,4H2,1-3H3. The Bertz CT molecular complexity index is 571. The van der Waals surface area contributed by atoms with Crippen molar-refractivity contribution in [1.29, 1.82) is 0 Å². The van der Waals surface area contributed by atoms with Gasteiger partial charge in [-0.2, -0.15) is 0 Å². The Morgan fingerprint density at radius 1 is 1.14 bits per heavy atom. The van der Waals surface area contributed by atoms with Gasteiger partial charge in [0.05, 0.1) is 6.04 Å². The predicted molar refractivity (Wildman–Crippen MR) is 89.1 cm³/mol. The van der Waals surface area contributed by atoms with Crippen LogP contribution in [-0.2, 0) is 0 Å². The van der Waals surface area contributed by atoms with Crippen molar-refractivity contribution in [2.45, 2.75) is 32.4 Å². The minimum absolute atomic E-state index is 0.0676. The van der Waals surface area contributed by atoms with Crippen molar-refractivity contribution in [1.82, 2.24) is 5.32 Å². The number of rotatable bonds is 6. The number of hydrogen-bond acceptors (Lipinski definition) is 2. The van der Waals surface area contributed by atoms with Crippen LogP contribution in [0.1, 0.15) is 30.5 Å². The van der Waals surface area contributed by atoms with E-state index in [1.807, 2.05) is 38.2 Å². The summed E-state index contributed by atoms with van der Waals surface area (Å²) >= 11 is 6.07. The Kier molecular flexibility index (Phi) is 5.66. The molecule has 0 fully saturated rings. The normalized spacial score (nSPS) is 13.7. The summed E-state index contributed by atoms with van der Waals surface area (Å²) in [5, 5.41) is 4.13. The molecule has 0 aromatic heterocycles. The Morgan fingerprint density at radius 3 is 2.43 bits per heavy atom. The fourth-order valence-corrected chi connectivity index (χ4v) is 2.60. The first-order valence-corrected chi connectivity index (χ1v) is 7.68. The molecule has 2 atom stereocenters. The van der Waals surface area contributed by atoms with Gasteiger partial charge in [-0.3, -0.25) is 0 Å². The molecule has 0 saturated carbocycles. The van der Waals surface area contributed by atoms with E-state index in [9.17, 15) is 0 Å². The second-order valence-electron chi connectivity index (χ2n) is 5.15. The highest BCUT2D eigenvalue weighted by Gasteiger charge is 2.22. The molecule has 112 valence electrons. The topological polar surface area (TPSA) is 21.3 Å². The van der Waals surface area contributed by atoms with Crippen LogP contribution in [0.25, 0.3) is 0 Å². The van der Waals surface area contributed by atoms with Gasteiger partial charge in [0, 0.05) is 5.02 Å². The molecule has 2 unspecified atom stereocenters. The van der Waals surface area contributed by atoms with Crippen LogP contribution in [0.5, 0.6) is 5.75 Å². The number of aryl methyl sites for hydroxylation is 1. The van der Waals surface area contributed by atoms with Crippen LogP contribution < -0.4 is 10.1 Å². The Labute approximate surface area is 132 Å². The highest BCUT2D eigenvalue weighted by molar-refractivity contribution is 6.31. The van der Waals surface area contributed by atoms with E-state index in [1.54, 1.807) is 0 Å². The van der Waals surface area contributed by atoms with E-state index in [0.29, 0.717) is 0 Å². The third-order valence-electron chi connectivity index (χ3n) is 3.66. The van der Waals surface area contributed by atoms with Crippen LogP contribution in [0.15, 0.2) is 48.5 Å². The molecule has 0 saturated heterocycles. The maximum atomic E-state index is 6.19. The quantitative estimate of drug-likeness (QED) is 0.830. The molecule has 0 bridgehead atoms. The number of nitrogens with one attached hydrogen (secondary N) is 1. The lowest BCUT2D eigenvalue weighted by atomic mass is 9.99. The van der Waals surface area contributed by atoms with Crippen molar-refractivity contribution in [2.75, 3.05) is 7.05 Å². The van der Waals surface area contributed by atoms with Crippen LogP contribution in [0, 0.1) is 6.92 Å². The van der Waals surface area contributed by atoms with Crippen LogP contribution in [-0.4, -0.2) is 13.2 Å². The smallest absolute Gasteiger partial charge is 0.120 e. The number of hydrogen-bond donors (Lipinski definition) is 1. The summed E-state index contributed by atoms with van der Waals surface area (Å²) < 4.78 is 6.19. The Morgan fingerprint density at radius 2 is 1.86 bits per heavy atom. The zero-order chi connectivity index (χ0) is 15.2. The van der Waals surface area contributed by atoms with Gasteiger partial charge in [-0.1, -0.05) is 48.9 Å². The summed E-state index contributed by atoms with van der Waals surface area (Å²) in [4.78, 5) is 0. The number of ether oxygens (including phenoxy) is 1. The van der Waals surface area contributed by atoms with Gasteiger partial charge in [-0.15, -0.1) is 0 Å². The molecule has 2 aromatic rings. The molecule has 0 spiro atoms. The van der Waals surface area contributed by atoms with Crippen molar-refractivity contribution in [3.05, 3.63) is 64.7 Å². The van der Waals surface area contributed by atoms with Gasteiger partial charge in [-0.25, -0.2) is 0 Å². The lowest BCUT2D eigenvalue weighted by Crippen LogP contribution is -2.33. The van der Waals surface area contributed by atoms with Crippen LogP contribution in [0.4, 0.5) is 0 Å². The molecule has 0 aliphatic heterocycles. The lowest BCUT2D eigenvalue weighted by Gasteiger charge is -2.27. The largest absolute Gasteiger partial charge is 0.488 e. The van der Waals surface area contributed by atoms with Crippen molar-refractivity contribution < 1.29 is 4.74 Å². The zero-order valence-electron chi connectivity index (χ0n) is 12.8. The SMILES string of the molecule is CCC(Oc1ccc(Cl)c(C)c1)C(NC)c1ccccc1. The molecule has 0 heterocycles. The molecule has 2 rings (SSSR count). The lowest BCUT2D eigenvalue weighted by molar-refractivity contribution is 0.152. The summed E-state index contributed by atoms with van der Waals surface area (Å²) in [6.45, 7) is 4.13. The molecule has 2 nitrogen and oxygen atoms in total. The van der Waals surface area contributed by atoms with E-state index in [-0.39, 0.29) is 12.1 Å². The van der Waals surface area contributed by atoms with Crippen molar-refractivity contribution in [2.24, 2.45) is 0 Å². The van der Waals surface area contributed by atoms with Gasteiger partial charge < -0.3 is 10.1 Å². The number of benzene rings is 2.